The number of aliphatic carboxylic acids is 1. The zero-order valence-corrected chi connectivity index (χ0v) is 22.1. The van der Waals surface area contributed by atoms with E-state index in [9.17, 15) is 28.2 Å². The maximum Gasteiger partial charge on any atom is 0.335 e. The maximum absolute atomic E-state index is 14.1. The van der Waals surface area contributed by atoms with E-state index in [2.05, 4.69) is 0 Å². The van der Waals surface area contributed by atoms with Crippen molar-refractivity contribution in [3.63, 3.8) is 0 Å². The molecule has 7 nitrogen and oxygen atoms in total. The number of hydrogen-bond donors (Lipinski definition) is 2. The first-order valence-electron chi connectivity index (χ1n) is 12.1. The van der Waals surface area contributed by atoms with E-state index in [1.807, 2.05) is 18.2 Å². The highest BCUT2D eigenvalue weighted by Crippen LogP contribution is 2.57. The van der Waals surface area contributed by atoms with E-state index in [1.165, 1.54) is 36.4 Å². The summed E-state index contributed by atoms with van der Waals surface area (Å²) in [5.74, 6) is -2.89. The second-order valence-electron chi connectivity index (χ2n) is 9.44. The monoisotopic (exact) mass is 561 g/mol. The van der Waals surface area contributed by atoms with Crippen molar-refractivity contribution in [1.82, 2.24) is 4.31 Å². The minimum Gasteiger partial charge on any atom is -0.480 e. The molecule has 0 saturated heterocycles. The summed E-state index contributed by atoms with van der Waals surface area (Å²) in [4.78, 5) is 24.0. The Balaban J connectivity index is 1.56. The van der Waals surface area contributed by atoms with Gasteiger partial charge < -0.3 is 10.2 Å². The van der Waals surface area contributed by atoms with Crippen LogP contribution in [0.3, 0.4) is 0 Å². The van der Waals surface area contributed by atoms with Crippen molar-refractivity contribution in [2.45, 2.75) is 29.3 Å². The van der Waals surface area contributed by atoms with E-state index in [0.29, 0.717) is 10.6 Å². The van der Waals surface area contributed by atoms with Crippen molar-refractivity contribution < 1.29 is 28.2 Å². The van der Waals surface area contributed by atoms with E-state index in [1.54, 1.807) is 48.5 Å². The highest BCUT2D eigenvalue weighted by Gasteiger charge is 2.67. The fourth-order valence-corrected chi connectivity index (χ4v) is 6.79. The number of sulfonamides is 1. The zero-order chi connectivity index (χ0) is 27.8. The molecule has 4 aromatic rings. The normalized spacial score (nSPS) is 18.6. The number of aromatic carboxylic acids is 1. The van der Waals surface area contributed by atoms with Gasteiger partial charge in [-0.25, -0.2) is 13.2 Å². The Bertz CT molecular complexity index is 1620. The minimum absolute atomic E-state index is 0.0401. The highest BCUT2D eigenvalue weighted by molar-refractivity contribution is 7.89. The van der Waals surface area contributed by atoms with Crippen LogP contribution in [-0.4, -0.2) is 40.4 Å². The van der Waals surface area contributed by atoms with Crippen LogP contribution in [0, 0.1) is 0 Å². The number of carbonyl (C=O) groups is 2. The van der Waals surface area contributed by atoms with Crippen LogP contribution in [-0.2, 0) is 21.4 Å². The Morgan fingerprint density at radius 3 is 1.92 bits per heavy atom. The lowest BCUT2D eigenvalue weighted by Gasteiger charge is -2.30. The van der Waals surface area contributed by atoms with Crippen LogP contribution in [0.4, 0.5) is 0 Å². The average molecular weight is 562 g/mol. The van der Waals surface area contributed by atoms with Gasteiger partial charge in [0.1, 0.15) is 5.54 Å². The second kappa shape index (κ2) is 10.3. The number of hydrogen-bond acceptors (Lipinski definition) is 4. The molecule has 1 saturated carbocycles. The van der Waals surface area contributed by atoms with Gasteiger partial charge in [0, 0.05) is 17.5 Å². The molecule has 1 aliphatic carbocycles. The van der Waals surface area contributed by atoms with E-state index < -0.39 is 33.4 Å². The molecule has 1 fully saturated rings. The van der Waals surface area contributed by atoms with Crippen LogP contribution in [0.15, 0.2) is 108 Å². The molecule has 198 valence electrons. The van der Waals surface area contributed by atoms with Crippen LogP contribution < -0.4 is 0 Å². The van der Waals surface area contributed by atoms with E-state index in [0.717, 1.165) is 21.0 Å². The quantitative estimate of drug-likeness (QED) is 0.263. The summed E-state index contributed by atoms with van der Waals surface area (Å²) < 4.78 is 29.3. The lowest BCUT2D eigenvalue weighted by Crippen LogP contribution is -2.48. The predicted molar refractivity (Wildman–Crippen MR) is 147 cm³/mol. The van der Waals surface area contributed by atoms with Crippen LogP contribution in [0.25, 0.3) is 11.1 Å². The number of carboxylic acid groups (broad SMARTS) is 2. The third kappa shape index (κ3) is 5.06. The van der Waals surface area contributed by atoms with Gasteiger partial charge in [0.2, 0.25) is 10.0 Å². The molecule has 2 N–H and O–H groups in total. The highest BCUT2D eigenvalue weighted by atomic mass is 35.5. The fraction of sp³-hybridized carbons (Fsp3) is 0.133. The molecule has 0 spiro atoms. The van der Waals surface area contributed by atoms with Crippen molar-refractivity contribution in [1.29, 1.82) is 0 Å². The summed E-state index contributed by atoms with van der Waals surface area (Å²) >= 11 is 5.98. The molecule has 0 aromatic heterocycles. The largest absolute Gasteiger partial charge is 0.480 e. The summed E-state index contributed by atoms with van der Waals surface area (Å²) in [5, 5.41) is 20.3. The first-order chi connectivity index (χ1) is 18.6. The smallest absolute Gasteiger partial charge is 0.335 e. The van der Waals surface area contributed by atoms with Gasteiger partial charge in [-0.15, -0.1) is 0 Å². The molecule has 2 unspecified atom stereocenters. The summed E-state index contributed by atoms with van der Waals surface area (Å²) in [6.07, 6.45) is 0.113. The van der Waals surface area contributed by atoms with Gasteiger partial charge in [-0.1, -0.05) is 78.3 Å². The topological polar surface area (TPSA) is 112 Å². The van der Waals surface area contributed by atoms with E-state index in [4.69, 9.17) is 11.6 Å². The molecule has 5 rings (SSSR count). The molecule has 2 atom stereocenters. The van der Waals surface area contributed by atoms with Crippen molar-refractivity contribution >= 4 is 33.6 Å². The third-order valence-electron chi connectivity index (χ3n) is 7.10. The first-order valence-corrected chi connectivity index (χ1v) is 13.9. The maximum atomic E-state index is 14.1. The number of benzene rings is 4. The van der Waals surface area contributed by atoms with Crippen LogP contribution in [0.2, 0.25) is 5.02 Å². The lowest BCUT2D eigenvalue weighted by atomic mass is 10.1. The summed E-state index contributed by atoms with van der Waals surface area (Å²) in [6, 6.07) is 28.2. The van der Waals surface area contributed by atoms with Crippen LogP contribution in [0.5, 0.6) is 0 Å². The Hall–Kier alpha value is -3.98. The molecular formula is C30H24ClNO6S. The SMILES string of the molecule is O=C(O)c1ccc(CN(C2(C(=O)O)CC2c2ccccc2)S(=O)(=O)c2ccc(-c3ccc(Cl)cc3)cc2)cc1. The second-order valence-corrected chi connectivity index (χ2v) is 11.7. The van der Waals surface area contributed by atoms with Gasteiger partial charge in [-0.3, -0.25) is 4.79 Å². The number of rotatable bonds is 9. The Morgan fingerprint density at radius 1 is 0.821 bits per heavy atom. The standard InChI is InChI=1S/C30H24ClNO6S/c31-25-14-10-21(11-15-25)22-12-16-26(17-13-22)39(37,38)32(19-20-6-8-24(9-7-20)28(33)34)30(29(35)36)18-27(30)23-4-2-1-3-5-23/h1-17,27H,18-19H2,(H,33,34)(H,35,36). The fourth-order valence-electron chi connectivity index (χ4n) is 4.90. The molecule has 9 heteroatoms. The first kappa shape index (κ1) is 26.6. The van der Waals surface area contributed by atoms with Gasteiger partial charge in [-0.2, -0.15) is 4.31 Å². The van der Waals surface area contributed by atoms with Crippen molar-refractivity contribution in [2.75, 3.05) is 0 Å². The van der Waals surface area contributed by atoms with Gasteiger partial charge in [-0.05, 0) is 65.1 Å². The lowest BCUT2D eigenvalue weighted by molar-refractivity contribution is -0.143. The molecule has 0 heterocycles. The molecule has 0 bridgehead atoms. The van der Waals surface area contributed by atoms with Crippen molar-refractivity contribution in [2.24, 2.45) is 0 Å². The Kier molecular flexibility index (Phi) is 7.03. The van der Waals surface area contributed by atoms with Gasteiger partial charge >= 0.3 is 11.9 Å². The molecule has 0 aliphatic heterocycles. The molecule has 0 amide bonds. The van der Waals surface area contributed by atoms with Crippen molar-refractivity contribution in [3.05, 3.63) is 125 Å². The molecule has 39 heavy (non-hydrogen) atoms. The Labute approximate surface area is 231 Å². The molecule has 1 aliphatic rings. The third-order valence-corrected chi connectivity index (χ3v) is 9.25. The summed E-state index contributed by atoms with van der Waals surface area (Å²) in [7, 11) is -4.30. The van der Waals surface area contributed by atoms with E-state index in [-0.39, 0.29) is 23.4 Å². The minimum atomic E-state index is -4.30. The molecular weight excluding hydrogens is 538 g/mol. The Morgan fingerprint density at radius 2 is 1.38 bits per heavy atom. The van der Waals surface area contributed by atoms with Gasteiger partial charge in [0.05, 0.1) is 10.5 Å². The van der Waals surface area contributed by atoms with Gasteiger partial charge in [0.25, 0.3) is 0 Å². The predicted octanol–water partition coefficient (Wildman–Crippen LogP) is 5.91. The van der Waals surface area contributed by atoms with Crippen LogP contribution in [0.1, 0.15) is 33.8 Å². The zero-order valence-electron chi connectivity index (χ0n) is 20.6. The van der Waals surface area contributed by atoms with Gasteiger partial charge in [0.15, 0.2) is 0 Å². The summed E-state index contributed by atoms with van der Waals surface area (Å²) in [5.41, 5.74) is 1.20. The van der Waals surface area contributed by atoms with E-state index >= 15 is 0 Å². The number of nitrogens with zero attached hydrogens (tertiary/aromatic N) is 1. The average Bonchev–Trinajstić information content (AvgIpc) is 3.70. The van der Waals surface area contributed by atoms with Crippen LogP contribution >= 0.6 is 11.6 Å². The molecule has 4 aromatic carbocycles. The molecule has 0 radical (unpaired) electrons. The number of carboxylic acids is 2. The van der Waals surface area contributed by atoms with Crippen molar-refractivity contribution in [3.8, 4) is 11.1 Å². The number of halogens is 1. The summed E-state index contributed by atoms with van der Waals surface area (Å²) in [6.45, 7) is -0.239.